The predicted octanol–water partition coefficient (Wildman–Crippen LogP) is 6.74. The number of aryl methyl sites for hydroxylation is 1. The third-order valence-electron chi connectivity index (χ3n) is 9.38. The number of alkyl halides is 7. The molecule has 1 heterocycles. The minimum atomic E-state index is -6.35. The van der Waals surface area contributed by atoms with Crippen LogP contribution in [0.5, 0.6) is 0 Å². The Labute approximate surface area is 253 Å². The van der Waals surface area contributed by atoms with E-state index in [0.29, 0.717) is 12.1 Å². The van der Waals surface area contributed by atoms with E-state index in [-0.39, 0.29) is 78.4 Å². The normalized spacial score (nSPS) is 26.2. The highest BCUT2D eigenvalue weighted by molar-refractivity contribution is 7.92. The molecule has 2 aromatic carbocycles. The van der Waals surface area contributed by atoms with Crippen LogP contribution in [0, 0.1) is 11.8 Å². The molecule has 1 saturated heterocycles. The van der Waals surface area contributed by atoms with Crippen molar-refractivity contribution in [3.63, 3.8) is 0 Å². The minimum Gasteiger partial charge on any atom is -0.481 e. The molecule has 1 N–H and O–H groups in total. The number of halogens is 8. The quantitative estimate of drug-likeness (QED) is 0.357. The predicted molar refractivity (Wildman–Crippen MR) is 143 cm³/mol. The molecular formula is C29H27ClF7NO5S. The summed E-state index contributed by atoms with van der Waals surface area (Å²) < 4.78 is 123. The van der Waals surface area contributed by atoms with E-state index in [1.807, 2.05) is 0 Å². The molecule has 1 aliphatic heterocycles. The molecule has 44 heavy (non-hydrogen) atoms. The Morgan fingerprint density at radius 3 is 1.98 bits per heavy atom. The van der Waals surface area contributed by atoms with Gasteiger partial charge in [0.2, 0.25) is 5.91 Å². The highest BCUT2D eigenvalue weighted by atomic mass is 35.5. The van der Waals surface area contributed by atoms with Crippen LogP contribution in [0.4, 0.5) is 30.7 Å². The second kappa shape index (κ2) is 10.9. The van der Waals surface area contributed by atoms with Crippen LogP contribution < -0.4 is 0 Å². The SMILES string of the molecule is O=C(O)[C@H]1CC[C@H](C(=O)N2CCC3(S(=O)(=O)c4ccc(Cl)cc4)c4ccc(C(F)(C(F)(F)F)C(F)(F)F)cc4CCC23)CC1. The third-order valence-corrected chi connectivity index (χ3v) is 12.2. The second-order valence-corrected chi connectivity index (χ2v) is 14.2. The summed E-state index contributed by atoms with van der Waals surface area (Å²) in [4.78, 5) is 26.3. The molecule has 0 bridgehead atoms. The molecule has 6 nitrogen and oxygen atoms in total. The Hall–Kier alpha value is -2.87. The lowest BCUT2D eigenvalue weighted by molar-refractivity contribution is -0.348. The van der Waals surface area contributed by atoms with Crippen LogP contribution in [0.2, 0.25) is 5.02 Å². The number of aliphatic carboxylic acids is 1. The largest absolute Gasteiger partial charge is 0.481 e. The van der Waals surface area contributed by atoms with Crippen LogP contribution in [-0.4, -0.2) is 55.2 Å². The molecule has 2 aromatic rings. The standard InChI is InChI=1S/C29H27ClF7NO5S/c30-20-7-9-21(10-8-20)44(42,43)26-13-14-38(24(39)16-1-3-17(4-2-16)25(40)41)23(26)12-5-18-15-19(6-11-22(18)26)27(31,28(32,33)34)29(35,36)37/h6-11,15-17,23H,1-5,12-14H2,(H,40,41)/t16-,17-,23?,26?. The minimum absolute atomic E-state index is 0.0749. The number of rotatable bonds is 5. The van der Waals surface area contributed by atoms with Crippen LogP contribution in [0.15, 0.2) is 47.4 Å². The fraction of sp³-hybridized carbons (Fsp3) is 0.517. The average Bonchev–Trinajstić information content (AvgIpc) is 3.37. The van der Waals surface area contributed by atoms with E-state index in [4.69, 9.17) is 11.6 Å². The lowest BCUT2D eigenvalue weighted by atomic mass is 9.76. The van der Waals surface area contributed by atoms with E-state index in [2.05, 4.69) is 0 Å². The Kier molecular flexibility index (Phi) is 8.05. The van der Waals surface area contributed by atoms with Crippen molar-refractivity contribution in [2.75, 3.05) is 6.54 Å². The van der Waals surface area contributed by atoms with Crippen molar-refractivity contribution < 1.29 is 53.8 Å². The monoisotopic (exact) mass is 669 g/mol. The Balaban J connectivity index is 1.62. The maximum atomic E-state index is 15.0. The van der Waals surface area contributed by atoms with Crippen LogP contribution in [0.1, 0.15) is 55.2 Å². The Bertz CT molecular complexity index is 1560. The molecule has 15 heteroatoms. The van der Waals surface area contributed by atoms with Gasteiger partial charge in [0, 0.05) is 23.0 Å². The number of likely N-dealkylation sites (tertiary alicyclic amines) is 1. The number of carbonyl (C=O) groups is 2. The topological polar surface area (TPSA) is 91.8 Å². The first-order valence-corrected chi connectivity index (χ1v) is 15.7. The summed E-state index contributed by atoms with van der Waals surface area (Å²) >= 11 is 5.95. The number of hydrogen-bond acceptors (Lipinski definition) is 4. The Morgan fingerprint density at radius 2 is 1.43 bits per heavy atom. The van der Waals surface area contributed by atoms with Gasteiger partial charge in [-0.25, -0.2) is 12.8 Å². The number of nitrogens with zero attached hydrogens (tertiary/aromatic N) is 1. The van der Waals surface area contributed by atoms with Crippen molar-refractivity contribution >= 4 is 33.3 Å². The molecule has 5 rings (SSSR count). The summed E-state index contributed by atoms with van der Waals surface area (Å²) in [7, 11) is -4.48. The number of carboxylic acid groups (broad SMARTS) is 1. The molecule has 0 aromatic heterocycles. The van der Waals surface area contributed by atoms with Crippen LogP contribution in [0.25, 0.3) is 0 Å². The molecule has 0 radical (unpaired) electrons. The molecule has 2 unspecified atom stereocenters. The zero-order valence-electron chi connectivity index (χ0n) is 22.9. The number of carbonyl (C=O) groups excluding carboxylic acids is 1. The van der Waals surface area contributed by atoms with E-state index < -0.39 is 62.0 Å². The zero-order chi connectivity index (χ0) is 32.5. The van der Waals surface area contributed by atoms with Crippen molar-refractivity contribution in [3.8, 4) is 0 Å². The van der Waals surface area contributed by atoms with Gasteiger partial charge in [0.15, 0.2) is 9.84 Å². The molecule has 2 atom stereocenters. The van der Waals surface area contributed by atoms with Gasteiger partial charge in [0.1, 0.15) is 4.75 Å². The van der Waals surface area contributed by atoms with Gasteiger partial charge in [-0.1, -0.05) is 29.8 Å². The van der Waals surface area contributed by atoms with Gasteiger partial charge >= 0.3 is 24.0 Å². The fourth-order valence-corrected chi connectivity index (χ4v) is 9.63. The fourth-order valence-electron chi connectivity index (χ4n) is 7.14. The van der Waals surface area contributed by atoms with Gasteiger partial charge in [-0.3, -0.25) is 9.59 Å². The third kappa shape index (κ3) is 4.87. The van der Waals surface area contributed by atoms with Crippen molar-refractivity contribution in [2.24, 2.45) is 11.8 Å². The van der Waals surface area contributed by atoms with E-state index in [1.165, 1.54) is 29.2 Å². The summed E-state index contributed by atoms with van der Waals surface area (Å²) in [5, 5.41) is 9.52. The number of carboxylic acids is 1. The number of fused-ring (bicyclic) bond motifs is 3. The maximum absolute atomic E-state index is 15.0. The van der Waals surface area contributed by atoms with Gasteiger partial charge in [0.05, 0.1) is 16.9 Å². The van der Waals surface area contributed by atoms with Crippen molar-refractivity contribution in [3.05, 3.63) is 64.2 Å². The lowest BCUT2D eigenvalue weighted by Gasteiger charge is -2.44. The van der Waals surface area contributed by atoms with Crippen molar-refractivity contribution in [1.82, 2.24) is 4.90 Å². The van der Waals surface area contributed by atoms with Gasteiger partial charge in [-0.2, -0.15) is 26.3 Å². The van der Waals surface area contributed by atoms with E-state index in [0.717, 1.165) is 6.07 Å². The van der Waals surface area contributed by atoms with E-state index >= 15 is 0 Å². The summed E-state index contributed by atoms with van der Waals surface area (Å²) in [6.07, 6.45) is -12.2. The smallest absolute Gasteiger partial charge is 0.435 e. The van der Waals surface area contributed by atoms with E-state index in [9.17, 15) is 53.8 Å². The van der Waals surface area contributed by atoms with Crippen LogP contribution in [0.3, 0.4) is 0 Å². The first-order chi connectivity index (χ1) is 20.4. The van der Waals surface area contributed by atoms with Gasteiger partial charge in [0.25, 0.3) is 0 Å². The van der Waals surface area contributed by atoms with Gasteiger partial charge in [-0.05, 0) is 80.3 Å². The molecule has 1 amide bonds. The highest BCUT2D eigenvalue weighted by Crippen LogP contribution is 2.57. The lowest BCUT2D eigenvalue weighted by Crippen LogP contribution is -2.53. The highest BCUT2D eigenvalue weighted by Gasteiger charge is 2.74. The molecular weight excluding hydrogens is 643 g/mol. The number of sulfone groups is 1. The summed E-state index contributed by atoms with van der Waals surface area (Å²) in [5.41, 5.74) is -7.69. The van der Waals surface area contributed by atoms with Crippen molar-refractivity contribution in [2.45, 2.75) is 78.7 Å². The van der Waals surface area contributed by atoms with Gasteiger partial charge < -0.3 is 10.0 Å². The molecule has 0 spiro atoms. The molecule has 2 aliphatic carbocycles. The summed E-state index contributed by atoms with van der Waals surface area (Å²) in [6.45, 7) is -0.0749. The molecule has 240 valence electrons. The van der Waals surface area contributed by atoms with Gasteiger partial charge in [-0.15, -0.1) is 0 Å². The number of benzene rings is 2. The zero-order valence-corrected chi connectivity index (χ0v) is 24.5. The summed E-state index contributed by atoms with van der Waals surface area (Å²) in [5.74, 6) is -2.53. The maximum Gasteiger partial charge on any atom is 0.435 e. The average molecular weight is 670 g/mol. The summed E-state index contributed by atoms with van der Waals surface area (Å²) in [6, 6.07) is 5.61. The van der Waals surface area contributed by atoms with E-state index in [1.54, 1.807) is 0 Å². The number of hydrogen-bond donors (Lipinski definition) is 1. The van der Waals surface area contributed by atoms with Crippen LogP contribution >= 0.6 is 11.6 Å². The molecule has 2 fully saturated rings. The van der Waals surface area contributed by atoms with Crippen LogP contribution in [-0.2, 0) is 36.3 Å². The molecule has 1 saturated carbocycles. The number of amides is 1. The first kappa shape index (κ1) is 32.5. The molecule has 3 aliphatic rings. The second-order valence-electron chi connectivity index (χ2n) is 11.6. The Morgan fingerprint density at radius 1 is 0.864 bits per heavy atom. The first-order valence-electron chi connectivity index (χ1n) is 13.9. The van der Waals surface area contributed by atoms with Crippen molar-refractivity contribution in [1.29, 1.82) is 0 Å².